The van der Waals surface area contributed by atoms with Crippen molar-refractivity contribution in [3.8, 4) is 5.88 Å². The second-order valence-corrected chi connectivity index (χ2v) is 5.11. The number of nitrogens with zero attached hydrogens (tertiary/aromatic N) is 2. The number of ether oxygens (including phenoxy) is 1. The molecule has 0 radical (unpaired) electrons. The highest BCUT2D eigenvalue weighted by atomic mass is 19.1. The number of nitrogens with two attached hydrogens (primary N) is 1. The molecule has 0 unspecified atom stereocenters. The summed E-state index contributed by atoms with van der Waals surface area (Å²) in [5.74, 6) is 1.88. The normalized spacial score (nSPS) is 14.0. The molecule has 1 heterocycles. The number of nitrogen functional groups attached to an aromatic ring is 1. The molecule has 1 saturated carbocycles. The van der Waals surface area contributed by atoms with Gasteiger partial charge in [0, 0.05) is 12.5 Å². The Labute approximate surface area is 122 Å². The van der Waals surface area contributed by atoms with Crippen molar-refractivity contribution in [1.29, 1.82) is 0 Å². The van der Waals surface area contributed by atoms with Gasteiger partial charge in [-0.25, -0.2) is 9.37 Å². The summed E-state index contributed by atoms with van der Waals surface area (Å²) in [6.45, 7) is 0.509. The van der Waals surface area contributed by atoms with Crippen LogP contribution in [0.4, 0.5) is 15.9 Å². The van der Waals surface area contributed by atoms with E-state index in [-0.39, 0.29) is 5.82 Å². The molecule has 0 aliphatic heterocycles. The molecular formula is C15H17FN4O. The van der Waals surface area contributed by atoms with Gasteiger partial charge in [0.25, 0.3) is 0 Å². The van der Waals surface area contributed by atoms with E-state index in [4.69, 9.17) is 10.5 Å². The van der Waals surface area contributed by atoms with Crippen LogP contribution in [-0.4, -0.2) is 17.1 Å². The van der Waals surface area contributed by atoms with Crippen molar-refractivity contribution in [1.82, 2.24) is 9.97 Å². The Balaban J connectivity index is 1.80. The Kier molecular flexibility index (Phi) is 3.60. The van der Waals surface area contributed by atoms with Gasteiger partial charge in [-0.15, -0.1) is 0 Å². The number of hydrogen-bond donors (Lipinski definition) is 2. The highest BCUT2D eigenvalue weighted by molar-refractivity contribution is 5.67. The fraction of sp³-hybridized carbons (Fsp3) is 0.333. The van der Waals surface area contributed by atoms with Crippen LogP contribution >= 0.6 is 0 Å². The third-order valence-corrected chi connectivity index (χ3v) is 3.44. The van der Waals surface area contributed by atoms with Crippen molar-refractivity contribution in [2.24, 2.45) is 0 Å². The Morgan fingerprint density at radius 1 is 1.29 bits per heavy atom. The van der Waals surface area contributed by atoms with E-state index in [1.165, 1.54) is 12.1 Å². The molecule has 0 saturated heterocycles. The molecule has 5 nitrogen and oxygen atoms in total. The molecule has 3 N–H and O–H groups in total. The highest BCUT2D eigenvalue weighted by Crippen LogP contribution is 2.40. The molecule has 1 aliphatic rings. The van der Waals surface area contributed by atoms with Crippen LogP contribution in [-0.2, 0) is 6.54 Å². The number of benzene rings is 1. The van der Waals surface area contributed by atoms with E-state index in [0.717, 1.165) is 24.2 Å². The topological polar surface area (TPSA) is 73.1 Å². The number of halogens is 1. The maximum absolute atomic E-state index is 12.9. The van der Waals surface area contributed by atoms with E-state index in [1.54, 1.807) is 19.2 Å². The second kappa shape index (κ2) is 5.55. The average Bonchev–Trinajstić information content (AvgIpc) is 3.32. The van der Waals surface area contributed by atoms with Crippen LogP contribution in [0.15, 0.2) is 24.3 Å². The van der Waals surface area contributed by atoms with E-state index < -0.39 is 0 Å². The molecule has 0 spiro atoms. The van der Waals surface area contributed by atoms with Gasteiger partial charge in [0.05, 0.1) is 7.11 Å². The zero-order valence-corrected chi connectivity index (χ0v) is 11.8. The number of nitrogens with one attached hydrogen (secondary N) is 1. The Hall–Kier alpha value is -2.37. The molecule has 3 rings (SSSR count). The number of aromatic nitrogens is 2. The molecule has 21 heavy (non-hydrogen) atoms. The van der Waals surface area contributed by atoms with Crippen LogP contribution in [0.5, 0.6) is 5.88 Å². The maximum Gasteiger partial charge on any atom is 0.242 e. The molecule has 1 fully saturated rings. The molecule has 1 aromatic carbocycles. The van der Waals surface area contributed by atoms with E-state index >= 15 is 0 Å². The Morgan fingerprint density at radius 3 is 2.62 bits per heavy atom. The number of hydrogen-bond acceptors (Lipinski definition) is 5. The first-order chi connectivity index (χ1) is 10.2. The third-order valence-electron chi connectivity index (χ3n) is 3.44. The van der Waals surface area contributed by atoms with Gasteiger partial charge in [0.1, 0.15) is 17.3 Å². The minimum Gasteiger partial charge on any atom is -0.479 e. The summed E-state index contributed by atoms with van der Waals surface area (Å²) in [6.07, 6.45) is 2.20. The minimum absolute atomic E-state index is 0.252. The zero-order chi connectivity index (χ0) is 14.8. The molecule has 1 aromatic heterocycles. The van der Waals surface area contributed by atoms with Crippen molar-refractivity contribution in [2.45, 2.75) is 25.3 Å². The van der Waals surface area contributed by atoms with Crippen LogP contribution in [0.3, 0.4) is 0 Å². The summed E-state index contributed by atoms with van der Waals surface area (Å²) in [5, 5.41) is 3.17. The fourth-order valence-electron chi connectivity index (χ4n) is 2.07. The van der Waals surface area contributed by atoms with Gasteiger partial charge >= 0.3 is 0 Å². The standard InChI is InChI=1S/C15H17FN4O/c1-21-15-12(17)14(19-13(20-15)10-4-5-10)18-8-9-2-6-11(16)7-3-9/h2-3,6-7,10H,4-5,8,17H2,1H3,(H,18,19,20). The largest absolute Gasteiger partial charge is 0.479 e. The second-order valence-electron chi connectivity index (χ2n) is 5.11. The molecule has 0 atom stereocenters. The van der Waals surface area contributed by atoms with Crippen LogP contribution in [0.25, 0.3) is 0 Å². The van der Waals surface area contributed by atoms with E-state index in [1.807, 2.05) is 0 Å². The molecular weight excluding hydrogens is 271 g/mol. The van der Waals surface area contributed by atoms with Gasteiger partial charge < -0.3 is 15.8 Å². The van der Waals surface area contributed by atoms with E-state index in [2.05, 4.69) is 15.3 Å². The lowest BCUT2D eigenvalue weighted by molar-refractivity contribution is 0.397. The van der Waals surface area contributed by atoms with Gasteiger partial charge in [0.15, 0.2) is 5.82 Å². The van der Waals surface area contributed by atoms with E-state index in [9.17, 15) is 4.39 Å². The molecule has 1 aliphatic carbocycles. The van der Waals surface area contributed by atoms with Gasteiger partial charge in [-0.2, -0.15) is 4.98 Å². The van der Waals surface area contributed by atoms with Gasteiger partial charge in [0.2, 0.25) is 5.88 Å². The third kappa shape index (κ3) is 3.04. The zero-order valence-electron chi connectivity index (χ0n) is 11.8. The Morgan fingerprint density at radius 2 is 2.00 bits per heavy atom. The van der Waals surface area contributed by atoms with Crippen LogP contribution in [0, 0.1) is 5.82 Å². The summed E-state index contributed by atoms with van der Waals surface area (Å²) in [5.41, 5.74) is 7.34. The smallest absolute Gasteiger partial charge is 0.242 e. The lowest BCUT2D eigenvalue weighted by Crippen LogP contribution is -2.09. The molecule has 0 amide bonds. The summed E-state index contributed by atoms with van der Waals surface area (Å²) >= 11 is 0. The van der Waals surface area contributed by atoms with Crippen molar-refractivity contribution in [3.63, 3.8) is 0 Å². The molecule has 0 bridgehead atoms. The van der Waals surface area contributed by atoms with Crippen molar-refractivity contribution < 1.29 is 9.13 Å². The van der Waals surface area contributed by atoms with Crippen LogP contribution in [0.2, 0.25) is 0 Å². The van der Waals surface area contributed by atoms with Crippen molar-refractivity contribution in [3.05, 3.63) is 41.5 Å². The predicted molar refractivity (Wildman–Crippen MR) is 78.7 cm³/mol. The summed E-state index contributed by atoms with van der Waals surface area (Å²) in [7, 11) is 1.54. The average molecular weight is 288 g/mol. The van der Waals surface area contributed by atoms with Gasteiger partial charge in [-0.05, 0) is 30.5 Å². The summed E-state index contributed by atoms with van der Waals surface area (Å²) in [4.78, 5) is 8.81. The fourth-order valence-corrected chi connectivity index (χ4v) is 2.07. The molecule has 110 valence electrons. The highest BCUT2D eigenvalue weighted by Gasteiger charge is 2.28. The lowest BCUT2D eigenvalue weighted by Gasteiger charge is -2.12. The number of anilines is 2. The first-order valence-corrected chi connectivity index (χ1v) is 6.87. The minimum atomic E-state index is -0.252. The summed E-state index contributed by atoms with van der Waals surface area (Å²) < 4.78 is 18.1. The maximum atomic E-state index is 12.9. The van der Waals surface area contributed by atoms with Crippen LogP contribution < -0.4 is 15.8 Å². The van der Waals surface area contributed by atoms with Crippen LogP contribution in [0.1, 0.15) is 30.1 Å². The molecule has 2 aromatic rings. The monoisotopic (exact) mass is 288 g/mol. The van der Waals surface area contributed by atoms with Crippen molar-refractivity contribution in [2.75, 3.05) is 18.2 Å². The number of methoxy groups -OCH3 is 1. The Bertz CT molecular complexity index is 641. The first-order valence-electron chi connectivity index (χ1n) is 6.87. The van der Waals surface area contributed by atoms with Crippen molar-refractivity contribution >= 4 is 11.5 Å². The molecule has 6 heteroatoms. The first kappa shape index (κ1) is 13.6. The predicted octanol–water partition coefficient (Wildman–Crippen LogP) is 2.70. The lowest BCUT2D eigenvalue weighted by atomic mass is 10.2. The van der Waals surface area contributed by atoms with Gasteiger partial charge in [-0.1, -0.05) is 12.1 Å². The number of rotatable bonds is 5. The summed E-state index contributed by atoms with van der Waals surface area (Å²) in [6, 6.07) is 6.30. The van der Waals surface area contributed by atoms with E-state index in [0.29, 0.717) is 29.8 Å². The quantitative estimate of drug-likeness (QED) is 0.885. The SMILES string of the molecule is COc1nc(C2CC2)nc(NCc2ccc(F)cc2)c1N. The van der Waals surface area contributed by atoms with Gasteiger partial charge in [-0.3, -0.25) is 0 Å².